The first-order valence-electron chi connectivity index (χ1n) is 15.2. The lowest BCUT2D eigenvalue weighted by Gasteiger charge is -2.43. The zero-order chi connectivity index (χ0) is 36.3. The Labute approximate surface area is 290 Å². The number of carbonyl (C=O) groups is 5. The van der Waals surface area contributed by atoms with Gasteiger partial charge in [-0.15, -0.1) is 0 Å². The van der Waals surface area contributed by atoms with Crippen LogP contribution in [0.15, 0.2) is 47.4 Å². The Morgan fingerprint density at radius 2 is 1.65 bits per heavy atom. The van der Waals surface area contributed by atoms with Crippen LogP contribution in [0, 0.1) is 5.92 Å². The van der Waals surface area contributed by atoms with Crippen molar-refractivity contribution in [1.29, 1.82) is 0 Å². The molecule has 0 saturated carbocycles. The normalized spacial score (nSPS) is 19.3. The summed E-state index contributed by atoms with van der Waals surface area (Å²) >= 11 is 12.1. The van der Waals surface area contributed by atoms with E-state index in [1.54, 1.807) is 13.8 Å². The van der Waals surface area contributed by atoms with Crippen molar-refractivity contribution in [1.82, 2.24) is 20.1 Å². The van der Waals surface area contributed by atoms with Gasteiger partial charge in [0.25, 0.3) is 5.91 Å². The molecular weight excluding hydrogens is 716 g/mol. The molecule has 2 saturated heterocycles. The summed E-state index contributed by atoms with van der Waals surface area (Å²) in [4.78, 5) is 65.9. The number of ether oxygens (including phenoxy) is 1. The number of Topliss-reactive ketones (excluding diaryl/α,β-unsaturated/α-hetero) is 1. The number of alkyl halides is 3. The molecule has 4 rings (SSSR count). The monoisotopic (exact) mass is 748 g/mol. The number of nitrogens with zero attached hydrogens (tertiary/aromatic N) is 2. The van der Waals surface area contributed by atoms with E-state index in [2.05, 4.69) is 10.0 Å². The first-order chi connectivity index (χ1) is 22.9. The maximum atomic E-state index is 13.8. The van der Waals surface area contributed by atoms with Crippen molar-refractivity contribution >= 4 is 62.7 Å². The molecular formula is C31H33Cl2F3N4O8S. The zero-order valence-corrected chi connectivity index (χ0v) is 28.6. The van der Waals surface area contributed by atoms with E-state index in [-0.39, 0.29) is 53.8 Å². The first-order valence-corrected chi connectivity index (χ1v) is 17.4. The highest BCUT2D eigenvalue weighted by atomic mass is 35.5. The molecule has 0 radical (unpaired) electrons. The Morgan fingerprint density at radius 1 is 1.02 bits per heavy atom. The fourth-order valence-electron chi connectivity index (χ4n) is 5.47. The third kappa shape index (κ3) is 9.09. The summed E-state index contributed by atoms with van der Waals surface area (Å²) in [5.41, 5.74) is -1.21. The van der Waals surface area contributed by atoms with Gasteiger partial charge in [-0.05, 0) is 68.0 Å². The van der Waals surface area contributed by atoms with Crippen LogP contribution in [0.3, 0.4) is 0 Å². The Morgan fingerprint density at radius 3 is 2.24 bits per heavy atom. The highest BCUT2D eigenvalue weighted by molar-refractivity contribution is 7.89. The summed E-state index contributed by atoms with van der Waals surface area (Å²) in [5, 5.41) is 4.57. The molecule has 2 aromatic carbocycles. The highest BCUT2D eigenvalue weighted by Crippen LogP contribution is 2.31. The molecule has 49 heavy (non-hydrogen) atoms. The van der Waals surface area contributed by atoms with Crippen molar-refractivity contribution in [3.8, 4) is 0 Å². The quantitative estimate of drug-likeness (QED) is 0.325. The first kappa shape index (κ1) is 38.1. The van der Waals surface area contributed by atoms with Crippen LogP contribution in [0.2, 0.25) is 10.0 Å². The molecule has 0 aliphatic carbocycles. The molecule has 18 heteroatoms. The second-order valence-electron chi connectivity index (χ2n) is 11.9. The Bertz CT molecular complexity index is 1700. The highest BCUT2D eigenvalue weighted by Gasteiger charge is 2.46. The van der Waals surface area contributed by atoms with Crippen LogP contribution < -0.4 is 10.0 Å². The molecule has 266 valence electrons. The third-order valence-electron chi connectivity index (χ3n) is 7.88. The molecule has 2 aliphatic rings. The van der Waals surface area contributed by atoms with Gasteiger partial charge in [-0.25, -0.2) is 18.2 Å². The summed E-state index contributed by atoms with van der Waals surface area (Å²) in [6.45, 7) is 2.88. The number of esters is 1. The maximum Gasteiger partial charge on any atom is 0.416 e. The molecule has 2 aliphatic heterocycles. The molecule has 0 spiro atoms. The predicted octanol–water partition coefficient (Wildman–Crippen LogP) is 4.14. The molecule has 0 aromatic heterocycles. The smallest absolute Gasteiger partial charge is 0.416 e. The molecule has 2 heterocycles. The van der Waals surface area contributed by atoms with Gasteiger partial charge in [0.2, 0.25) is 21.8 Å². The number of benzene rings is 2. The summed E-state index contributed by atoms with van der Waals surface area (Å²) in [6.07, 6.45) is -4.78. The summed E-state index contributed by atoms with van der Waals surface area (Å²) in [6, 6.07) is 2.96. The average molecular weight is 750 g/mol. The third-order valence-corrected chi connectivity index (χ3v) is 10.00. The number of halogens is 5. The number of amides is 3. The van der Waals surface area contributed by atoms with Crippen LogP contribution in [0.25, 0.3) is 0 Å². The second-order valence-corrected chi connectivity index (χ2v) is 14.5. The number of ketones is 1. The number of fused-ring (bicyclic) bond motifs is 1. The molecule has 12 nitrogen and oxygen atoms in total. The molecule has 0 unspecified atom stereocenters. The Kier molecular flexibility index (Phi) is 12.0. The lowest BCUT2D eigenvalue weighted by Crippen LogP contribution is -2.64. The van der Waals surface area contributed by atoms with Crippen molar-refractivity contribution in [3.63, 3.8) is 0 Å². The number of hydrazine groups is 1. The van der Waals surface area contributed by atoms with E-state index in [4.69, 9.17) is 27.9 Å². The predicted molar refractivity (Wildman–Crippen MR) is 170 cm³/mol. The summed E-state index contributed by atoms with van der Waals surface area (Å²) in [7, 11) is -4.54. The van der Waals surface area contributed by atoms with Crippen molar-refractivity contribution in [2.24, 2.45) is 5.92 Å². The van der Waals surface area contributed by atoms with Crippen LogP contribution in [0.4, 0.5) is 13.2 Å². The van der Waals surface area contributed by atoms with E-state index < -0.39 is 80.9 Å². The van der Waals surface area contributed by atoms with Gasteiger partial charge in [0.05, 0.1) is 32.1 Å². The zero-order valence-electron chi connectivity index (χ0n) is 26.3. The molecule has 3 amide bonds. The van der Waals surface area contributed by atoms with Gasteiger partial charge in [-0.2, -0.15) is 17.9 Å². The minimum atomic E-state index is -4.70. The summed E-state index contributed by atoms with van der Waals surface area (Å²) in [5.74, 6) is -4.06. The van der Waals surface area contributed by atoms with Gasteiger partial charge in [-0.1, -0.05) is 43.1 Å². The van der Waals surface area contributed by atoms with Gasteiger partial charge in [0.15, 0.2) is 12.4 Å². The lowest BCUT2D eigenvalue weighted by atomic mass is 9.99. The average Bonchev–Trinajstić information content (AvgIpc) is 3.14. The SMILES string of the molecule is CC(C)C[C@H](NC(=O)[C@@H]1CCCN2C(=O)CC[C@H](NS(=O)(=O)c3ccc(C(F)(F)F)cc3)C(=O)N12)C(=O)COC(=O)c1c(Cl)cccc1Cl. The Hall–Kier alpha value is -3.73. The van der Waals surface area contributed by atoms with Crippen LogP contribution in [-0.2, 0) is 40.1 Å². The topological polar surface area (TPSA) is 159 Å². The molecule has 0 bridgehead atoms. The van der Waals surface area contributed by atoms with Gasteiger partial charge >= 0.3 is 12.1 Å². The standard InChI is InChI=1S/C31H33Cl2F3N4O8S/c1-17(2)15-23(25(41)16-48-30(45)27-20(32)5-3-6-21(27)33)37-28(43)24-7-4-14-39-26(42)13-12-22(29(44)40(24)39)38-49(46,47)19-10-8-18(9-11-19)31(34,35)36/h3,5-6,8-11,17,22-24,38H,4,7,12-16H2,1-2H3,(H,37,43)/t22-,23-,24-/m0/s1. The van der Waals surface area contributed by atoms with Crippen LogP contribution in [0.5, 0.6) is 0 Å². The lowest BCUT2D eigenvalue weighted by molar-refractivity contribution is -0.176. The minimum absolute atomic E-state index is 0.00968. The van der Waals surface area contributed by atoms with Crippen molar-refractivity contribution < 1.29 is 50.3 Å². The Balaban J connectivity index is 1.51. The van der Waals surface area contributed by atoms with E-state index >= 15 is 0 Å². The number of hydrogen-bond donors (Lipinski definition) is 2. The van der Waals surface area contributed by atoms with Crippen LogP contribution in [-0.4, -0.2) is 79.2 Å². The number of hydrogen-bond acceptors (Lipinski definition) is 8. The van der Waals surface area contributed by atoms with E-state index in [1.807, 2.05) is 0 Å². The molecule has 2 N–H and O–H groups in total. The molecule has 3 atom stereocenters. The van der Waals surface area contributed by atoms with Gasteiger partial charge in [0, 0.05) is 13.0 Å². The van der Waals surface area contributed by atoms with Crippen LogP contribution >= 0.6 is 23.2 Å². The van der Waals surface area contributed by atoms with Gasteiger partial charge in [-0.3, -0.25) is 24.2 Å². The number of carbonyl (C=O) groups excluding carboxylic acids is 5. The van der Waals surface area contributed by atoms with Gasteiger partial charge < -0.3 is 10.1 Å². The van der Waals surface area contributed by atoms with Crippen molar-refractivity contribution in [2.75, 3.05) is 13.2 Å². The molecule has 2 aromatic rings. The van der Waals surface area contributed by atoms with Crippen molar-refractivity contribution in [3.05, 3.63) is 63.6 Å². The fourth-order valence-corrected chi connectivity index (χ4v) is 7.25. The number of nitrogens with one attached hydrogen (secondary N) is 2. The van der Waals surface area contributed by atoms with E-state index in [0.29, 0.717) is 18.6 Å². The summed E-state index contributed by atoms with van der Waals surface area (Å²) < 4.78 is 72.5. The van der Waals surface area contributed by atoms with E-state index in [9.17, 15) is 45.6 Å². The number of rotatable bonds is 11. The fraction of sp³-hybridized carbons (Fsp3) is 0.452. The van der Waals surface area contributed by atoms with Gasteiger partial charge in [0.1, 0.15) is 12.1 Å². The second kappa shape index (κ2) is 15.4. The van der Waals surface area contributed by atoms with E-state index in [0.717, 1.165) is 22.2 Å². The molecule has 2 fully saturated rings. The largest absolute Gasteiger partial charge is 0.454 e. The van der Waals surface area contributed by atoms with Crippen LogP contribution in [0.1, 0.15) is 61.9 Å². The van der Waals surface area contributed by atoms with E-state index in [1.165, 1.54) is 18.2 Å². The number of sulfonamides is 1. The minimum Gasteiger partial charge on any atom is -0.454 e. The maximum absolute atomic E-state index is 13.8. The van der Waals surface area contributed by atoms with Crippen molar-refractivity contribution in [2.45, 2.75) is 75.1 Å².